The van der Waals surface area contributed by atoms with Crippen molar-refractivity contribution in [2.75, 3.05) is 0 Å². The van der Waals surface area contributed by atoms with Crippen LogP contribution in [-0.2, 0) is 0 Å². The van der Waals surface area contributed by atoms with Gasteiger partial charge in [-0.05, 0) is 17.2 Å². The van der Waals surface area contributed by atoms with Crippen LogP contribution in [0.3, 0.4) is 0 Å². The molecule has 100 valence electrons. The number of nitrogens with one attached hydrogen (secondary N) is 1. The highest BCUT2D eigenvalue weighted by molar-refractivity contribution is 6.03. The predicted octanol–water partition coefficient (Wildman–Crippen LogP) is 4.90. The van der Waals surface area contributed by atoms with Gasteiger partial charge in [0.15, 0.2) is 0 Å². The highest BCUT2D eigenvalue weighted by Gasteiger charge is 2.12. The third-order valence-electron chi connectivity index (χ3n) is 3.72. The molecule has 21 heavy (non-hydrogen) atoms. The lowest BCUT2D eigenvalue weighted by Crippen LogP contribution is -1.82. The quantitative estimate of drug-likeness (QED) is 0.551. The number of aromatic nitrogens is 2. The first-order chi connectivity index (χ1) is 10.4. The van der Waals surface area contributed by atoms with Crippen molar-refractivity contribution in [2.24, 2.45) is 0 Å². The largest absolute Gasteiger partial charge is 0.277 e. The van der Waals surface area contributed by atoms with E-state index in [0.717, 1.165) is 16.8 Å². The van der Waals surface area contributed by atoms with Crippen LogP contribution in [0, 0.1) is 0 Å². The third kappa shape index (κ3) is 2.01. The molecule has 1 N–H and O–H groups in total. The van der Waals surface area contributed by atoms with E-state index in [1.54, 1.807) is 0 Å². The molecule has 0 radical (unpaired) electrons. The van der Waals surface area contributed by atoms with E-state index in [0.29, 0.717) is 0 Å². The van der Waals surface area contributed by atoms with Gasteiger partial charge in [-0.3, -0.25) is 5.10 Å². The first kappa shape index (κ1) is 11.9. The summed E-state index contributed by atoms with van der Waals surface area (Å²) in [4.78, 5) is 0. The fourth-order valence-electron chi connectivity index (χ4n) is 2.74. The Morgan fingerprint density at radius 1 is 0.619 bits per heavy atom. The second-order valence-electron chi connectivity index (χ2n) is 5.03. The van der Waals surface area contributed by atoms with Gasteiger partial charge in [-0.25, -0.2) is 0 Å². The van der Waals surface area contributed by atoms with Crippen molar-refractivity contribution in [2.45, 2.75) is 0 Å². The molecule has 0 aliphatic carbocycles. The molecule has 0 aliphatic rings. The van der Waals surface area contributed by atoms with Gasteiger partial charge in [0.25, 0.3) is 0 Å². The number of benzene rings is 3. The van der Waals surface area contributed by atoms with Gasteiger partial charge < -0.3 is 0 Å². The Morgan fingerprint density at radius 3 is 2.00 bits per heavy atom. The van der Waals surface area contributed by atoms with E-state index in [-0.39, 0.29) is 0 Å². The Labute approximate surface area is 123 Å². The van der Waals surface area contributed by atoms with Crippen molar-refractivity contribution in [1.82, 2.24) is 10.2 Å². The van der Waals surface area contributed by atoms with E-state index < -0.39 is 0 Å². The van der Waals surface area contributed by atoms with E-state index >= 15 is 0 Å². The molecule has 1 aromatic heterocycles. The van der Waals surface area contributed by atoms with Gasteiger partial charge in [-0.15, -0.1) is 0 Å². The molecular weight excluding hydrogens is 256 g/mol. The van der Waals surface area contributed by atoms with Gasteiger partial charge in [0, 0.05) is 10.9 Å². The van der Waals surface area contributed by atoms with Crippen LogP contribution in [-0.4, -0.2) is 10.2 Å². The van der Waals surface area contributed by atoms with Gasteiger partial charge in [0.2, 0.25) is 0 Å². The molecule has 0 fully saturated rings. The lowest BCUT2D eigenvalue weighted by Gasteiger charge is -2.05. The summed E-state index contributed by atoms with van der Waals surface area (Å²) in [5.41, 5.74) is 5.62. The highest BCUT2D eigenvalue weighted by atomic mass is 15.1. The number of aromatic amines is 1. The zero-order valence-corrected chi connectivity index (χ0v) is 11.5. The summed E-state index contributed by atoms with van der Waals surface area (Å²) in [6.07, 6.45) is 0. The first-order valence-electron chi connectivity index (χ1n) is 7.01. The first-order valence-corrected chi connectivity index (χ1v) is 7.01. The fourth-order valence-corrected chi connectivity index (χ4v) is 2.74. The number of H-pyrrole nitrogens is 1. The molecule has 0 amide bonds. The van der Waals surface area contributed by atoms with Crippen molar-refractivity contribution in [1.29, 1.82) is 0 Å². The van der Waals surface area contributed by atoms with Gasteiger partial charge >= 0.3 is 0 Å². The average Bonchev–Trinajstić information content (AvgIpc) is 3.00. The zero-order chi connectivity index (χ0) is 14.1. The molecule has 0 atom stereocenters. The molecule has 0 unspecified atom stereocenters. The van der Waals surface area contributed by atoms with Crippen LogP contribution in [0.2, 0.25) is 0 Å². The Morgan fingerprint density at radius 2 is 1.29 bits per heavy atom. The molecule has 0 bridgehead atoms. The maximum absolute atomic E-state index is 4.53. The summed E-state index contributed by atoms with van der Waals surface area (Å²) in [6, 6.07) is 27.0. The van der Waals surface area contributed by atoms with Gasteiger partial charge in [0.05, 0.1) is 5.52 Å². The molecule has 1 heterocycles. The second-order valence-corrected chi connectivity index (χ2v) is 5.03. The normalized spacial score (nSPS) is 10.9. The van der Waals surface area contributed by atoms with Crippen molar-refractivity contribution in [3.63, 3.8) is 0 Å². The van der Waals surface area contributed by atoms with Gasteiger partial charge in [-0.1, -0.05) is 72.8 Å². The SMILES string of the molecule is c1ccc(-c2cccc3[nH]nc(-c4ccccc4)c23)cc1. The summed E-state index contributed by atoms with van der Waals surface area (Å²) in [7, 11) is 0. The second kappa shape index (κ2) is 4.91. The van der Waals surface area contributed by atoms with E-state index in [1.165, 1.54) is 16.5 Å². The molecule has 2 nitrogen and oxygen atoms in total. The average molecular weight is 270 g/mol. The molecule has 2 heteroatoms. The molecule has 0 spiro atoms. The molecule has 3 aromatic carbocycles. The van der Waals surface area contributed by atoms with Crippen LogP contribution in [0.15, 0.2) is 78.9 Å². The van der Waals surface area contributed by atoms with Crippen LogP contribution in [0.1, 0.15) is 0 Å². The maximum Gasteiger partial charge on any atom is 0.101 e. The monoisotopic (exact) mass is 270 g/mol. The number of hydrogen-bond acceptors (Lipinski definition) is 1. The van der Waals surface area contributed by atoms with Crippen LogP contribution in [0.4, 0.5) is 0 Å². The van der Waals surface area contributed by atoms with E-state index in [4.69, 9.17) is 0 Å². The fraction of sp³-hybridized carbons (Fsp3) is 0. The van der Waals surface area contributed by atoms with Crippen LogP contribution < -0.4 is 0 Å². The summed E-state index contributed by atoms with van der Waals surface area (Å²) in [6.45, 7) is 0. The minimum atomic E-state index is 1.00. The number of hydrogen-bond donors (Lipinski definition) is 1. The lowest BCUT2D eigenvalue weighted by molar-refractivity contribution is 1.12. The summed E-state index contributed by atoms with van der Waals surface area (Å²) < 4.78 is 0. The molecule has 0 saturated heterocycles. The lowest BCUT2D eigenvalue weighted by atomic mass is 9.98. The molecule has 0 saturated carbocycles. The van der Waals surface area contributed by atoms with Crippen molar-refractivity contribution in [3.05, 3.63) is 78.9 Å². The summed E-state index contributed by atoms with van der Waals surface area (Å²) >= 11 is 0. The van der Waals surface area contributed by atoms with Crippen LogP contribution >= 0.6 is 0 Å². The predicted molar refractivity (Wildman–Crippen MR) is 87.0 cm³/mol. The van der Waals surface area contributed by atoms with Crippen LogP contribution in [0.25, 0.3) is 33.3 Å². The van der Waals surface area contributed by atoms with E-state index in [1.807, 2.05) is 24.3 Å². The zero-order valence-electron chi connectivity index (χ0n) is 11.5. The van der Waals surface area contributed by atoms with Crippen molar-refractivity contribution < 1.29 is 0 Å². The molecule has 4 aromatic rings. The Hall–Kier alpha value is -2.87. The van der Waals surface area contributed by atoms with Crippen LogP contribution in [0.5, 0.6) is 0 Å². The highest BCUT2D eigenvalue weighted by Crippen LogP contribution is 2.34. The number of rotatable bonds is 2. The Bertz CT molecular complexity index is 877. The maximum atomic E-state index is 4.53. The summed E-state index contributed by atoms with van der Waals surface area (Å²) in [5, 5.41) is 8.85. The van der Waals surface area contributed by atoms with E-state index in [9.17, 15) is 0 Å². The number of fused-ring (bicyclic) bond motifs is 1. The Balaban J connectivity index is 2.03. The number of nitrogens with zero attached hydrogens (tertiary/aromatic N) is 1. The molecule has 0 aliphatic heterocycles. The minimum Gasteiger partial charge on any atom is -0.277 e. The third-order valence-corrected chi connectivity index (χ3v) is 3.72. The smallest absolute Gasteiger partial charge is 0.101 e. The van der Waals surface area contributed by atoms with E-state index in [2.05, 4.69) is 64.8 Å². The minimum absolute atomic E-state index is 1.00. The van der Waals surface area contributed by atoms with Gasteiger partial charge in [0.1, 0.15) is 5.69 Å². The Kier molecular flexibility index (Phi) is 2.79. The van der Waals surface area contributed by atoms with Crippen molar-refractivity contribution >= 4 is 10.9 Å². The van der Waals surface area contributed by atoms with Gasteiger partial charge in [-0.2, -0.15) is 5.10 Å². The molecule has 4 rings (SSSR count). The molecular formula is C19H14N2. The topological polar surface area (TPSA) is 28.7 Å². The summed E-state index contributed by atoms with van der Waals surface area (Å²) in [5.74, 6) is 0. The van der Waals surface area contributed by atoms with Crippen molar-refractivity contribution in [3.8, 4) is 22.4 Å². The standard InChI is InChI=1S/C19H14N2/c1-3-8-14(9-4-1)16-12-7-13-17-18(16)19(21-20-17)15-10-5-2-6-11-15/h1-13H,(H,20,21).